The van der Waals surface area contributed by atoms with E-state index >= 15 is 0 Å². The highest BCUT2D eigenvalue weighted by Gasteiger charge is 2.12. The molecular weight excluding hydrogens is 368 g/mol. The fourth-order valence-corrected chi connectivity index (χ4v) is 3.24. The lowest BCUT2D eigenvalue weighted by molar-refractivity contribution is -0.384. The van der Waals surface area contributed by atoms with Crippen molar-refractivity contribution in [3.63, 3.8) is 0 Å². The number of amides is 1. The first kappa shape index (κ1) is 20.4. The summed E-state index contributed by atoms with van der Waals surface area (Å²) in [5, 5.41) is 13.4. The van der Waals surface area contributed by atoms with Crippen LogP contribution in [0.1, 0.15) is 16.7 Å². The van der Waals surface area contributed by atoms with Crippen LogP contribution in [0.15, 0.2) is 41.3 Å². The standard InChI is InChI=1S/C19H20N2O5S/c1-12-8-13(2)19(14(3)9-12)20-17(22)10-26-18(23)11-27-16-6-4-15(5-7-16)21(24)25/h4-9H,10-11H2,1-3H3,(H,20,22). The van der Waals surface area contributed by atoms with Crippen molar-refractivity contribution in [1.29, 1.82) is 0 Å². The molecular formula is C19H20N2O5S. The molecule has 1 N–H and O–H groups in total. The fraction of sp³-hybridized carbons (Fsp3) is 0.263. The van der Waals surface area contributed by atoms with Gasteiger partial charge in [0, 0.05) is 22.7 Å². The molecule has 0 aliphatic heterocycles. The lowest BCUT2D eigenvalue weighted by atomic mass is 10.1. The number of carbonyl (C=O) groups excluding carboxylic acids is 2. The number of carbonyl (C=O) groups is 2. The van der Waals surface area contributed by atoms with Crippen LogP contribution in [0.3, 0.4) is 0 Å². The lowest BCUT2D eigenvalue weighted by Crippen LogP contribution is -2.22. The van der Waals surface area contributed by atoms with Crippen molar-refractivity contribution >= 4 is 35.0 Å². The molecule has 2 aromatic carbocycles. The number of esters is 1. The van der Waals surface area contributed by atoms with Crippen molar-refractivity contribution in [2.75, 3.05) is 17.7 Å². The Labute approximate surface area is 161 Å². The number of anilines is 1. The molecule has 0 fully saturated rings. The molecule has 0 atom stereocenters. The van der Waals surface area contributed by atoms with Crippen LogP contribution in [0.5, 0.6) is 0 Å². The molecule has 0 aliphatic rings. The minimum Gasteiger partial charge on any atom is -0.455 e. The van der Waals surface area contributed by atoms with Crippen molar-refractivity contribution in [3.05, 3.63) is 63.2 Å². The number of rotatable bonds is 7. The summed E-state index contributed by atoms with van der Waals surface area (Å²) in [4.78, 5) is 34.6. The zero-order chi connectivity index (χ0) is 20.0. The first-order chi connectivity index (χ1) is 12.8. The second-order valence-corrected chi connectivity index (χ2v) is 7.07. The molecule has 2 rings (SSSR count). The van der Waals surface area contributed by atoms with E-state index in [4.69, 9.17) is 4.74 Å². The molecule has 0 radical (unpaired) electrons. The smallest absolute Gasteiger partial charge is 0.316 e. The molecule has 0 saturated heterocycles. The van der Waals surface area contributed by atoms with E-state index in [-0.39, 0.29) is 18.0 Å². The summed E-state index contributed by atoms with van der Waals surface area (Å²) in [6.45, 7) is 5.42. The summed E-state index contributed by atoms with van der Waals surface area (Å²) in [5.74, 6) is -0.933. The molecule has 0 aliphatic carbocycles. The molecule has 7 nitrogen and oxygen atoms in total. The maximum atomic E-state index is 12.0. The third-order valence-corrected chi connectivity index (χ3v) is 4.70. The number of nitro groups is 1. The van der Waals surface area contributed by atoms with Crippen LogP contribution in [0.4, 0.5) is 11.4 Å². The third kappa shape index (κ3) is 6.10. The average Bonchev–Trinajstić information content (AvgIpc) is 2.61. The van der Waals surface area contributed by atoms with E-state index in [9.17, 15) is 19.7 Å². The van der Waals surface area contributed by atoms with Gasteiger partial charge in [-0.3, -0.25) is 19.7 Å². The summed E-state index contributed by atoms with van der Waals surface area (Å²) < 4.78 is 4.98. The van der Waals surface area contributed by atoms with E-state index in [1.165, 1.54) is 23.9 Å². The minimum absolute atomic E-state index is 0.00762. The van der Waals surface area contributed by atoms with Gasteiger partial charge in [-0.25, -0.2) is 0 Å². The Morgan fingerprint density at radius 2 is 1.70 bits per heavy atom. The van der Waals surface area contributed by atoms with Crippen molar-refractivity contribution in [1.82, 2.24) is 0 Å². The molecule has 142 valence electrons. The maximum absolute atomic E-state index is 12.0. The Morgan fingerprint density at radius 1 is 1.11 bits per heavy atom. The molecule has 0 unspecified atom stereocenters. The van der Waals surface area contributed by atoms with E-state index in [2.05, 4.69) is 5.32 Å². The highest BCUT2D eigenvalue weighted by Crippen LogP contribution is 2.22. The minimum atomic E-state index is -0.536. The number of nitrogens with zero attached hydrogens (tertiary/aromatic N) is 1. The quantitative estimate of drug-likeness (QED) is 0.335. The summed E-state index contributed by atoms with van der Waals surface area (Å²) in [6.07, 6.45) is 0. The number of ether oxygens (including phenoxy) is 1. The van der Waals surface area contributed by atoms with Crippen molar-refractivity contribution in [2.24, 2.45) is 0 Å². The molecule has 2 aromatic rings. The molecule has 1 amide bonds. The number of hydrogen-bond donors (Lipinski definition) is 1. The first-order valence-corrected chi connectivity index (χ1v) is 9.15. The van der Waals surface area contributed by atoms with E-state index in [1.54, 1.807) is 12.1 Å². The number of nitro benzene ring substituents is 1. The number of aryl methyl sites for hydroxylation is 3. The van der Waals surface area contributed by atoms with Crippen LogP contribution in [-0.2, 0) is 14.3 Å². The third-order valence-electron chi connectivity index (χ3n) is 3.71. The predicted molar refractivity (Wildman–Crippen MR) is 104 cm³/mol. The predicted octanol–water partition coefficient (Wildman–Crippen LogP) is 3.79. The van der Waals surface area contributed by atoms with Gasteiger partial charge < -0.3 is 10.1 Å². The number of benzene rings is 2. The van der Waals surface area contributed by atoms with Gasteiger partial charge in [-0.2, -0.15) is 0 Å². The van der Waals surface area contributed by atoms with Gasteiger partial charge in [-0.05, 0) is 44.0 Å². The topological polar surface area (TPSA) is 98.5 Å². The summed E-state index contributed by atoms with van der Waals surface area (Å²) in [7, 11) is 0. The molecule has 0 aromatic heterocycles. The van der Waals surface area contributed by atoms with Gasteiger partial charge in [-0.15, -0.1) is 11.8 Å². The van der Waals surface area contributed by atoms with E-state index in [0.29, 0.717) is 4.90 Å². The number of nitrogens with one attached hydrogen (secondary N) is 1. The normalized spacial score (nSPS) is 10.3. The average molecular weight is 388 g/mol. The van der Waals surface area contributed by atoms with Crippen molar-refractivity contribution in [2.45, 2.75) is 25.7 Å². The highest BCUT2D eigenvalue weighted by molar-refractivity contribution is 8.00. The Morgan fingerprint density at radius 3 is 2.26 bits per heavy atom. The van der Waals surface area contributed by atoms with Crippen molar-refractivity contribution < 1.29 is 19.2 Å². The molecule has 0 bridgehead atoms. The van der Waals surface area contributed by atoms with Gasteiger partial charge in [0.2, 0.25) is 0 Å². The van der Waals surface area contributed by atoms with E-state index < -0.39 is 16.8 Å². The van der Waals surface area contributed by atoms with Crippen LogP contribution in [0.25, 0.3) is 0 Å². The molecule has 0 heterocycles. The highest BCUT2D eigenvalue weighted by atomic mass is 32.2. The van der Waals surface area contributed by atoms with Crippen LogP contribution >= 0.6 is 11.8 Å². The number of non-ortho nitro benzene ring substituents is 1. The van der Waals surface area contributed by atoms with Gasteiger partial charge in [0.1, 0.15) is 0 Å². The second-order valence-electron chi connectivity index (χ2n) is 6.02. The largest absolute Gasteiger partial charge is 0.455 e. The van der Waals surface area contributed by atoms with E-state index in [1.807, 2.05) is 32.9 Å². The number of hydrogen-bond acceptors (Lipinski definition) is 6. The van der Waals surface area contributed by atoms with Crippen LogP contribution in [0, 0.1) is 30.9 Å². The Balaban J connectivity index is 1.80. The first-order valence-electron chi connectivity index (χ1n) is 8.17. The van der Waals surface area contributed by atoms with Crippen LogP contribution in [0.2, 0.25) is 0 Å². The van der Waals surface area contributed by atoms with Gasteiger partial charge in [0.05, 0.1) is 10.7 Å². The monoisotopic (exact) mass is 388 g/mol. The molecule has 0 spiro atoms. The zero-order valence-corrected chi connectivity index (χ0v) is 16.1. The summed E-state index contributed by atoms with van der Waals surface area (Å²) in [6, 6.07) is 9.79. The van der Waals surface area contributed by atoms with Gasteiger partial charge >= 0.3 is 5.97 Å². The van der Waals surface area contributed by atoms with Crippen LogP contribution < -0.4 is 5.32 Å². The number of thioether (sulfide) groups is 1. The molecule has 0 saturated carbocycles. The zero-order valence-electron chi connectivity index (χ0n) is 15.3. The maximum Gasteiger partial charge on any atom is 0.316 e. The van der Waals surface area contributed by atoms with Gasteiger partial charge in [0.15, 0.2) is 6.61 Å². The fourth-order valence-electron chi connectivity index (χ4n) is 2.55. The van der Waals surface area contributed by atoms with Crippen LogP contribution in [-0.4, -0.2) is 29.2 Å². The second kappa shape index (κ2) is 9.18. The Kier molecular flexibility index (Phi) is 6.95. The lowest BCUT2D eigenvalue weighted by Gasteiger charge is -2.13. The Hall–Kier alpha value is -2.87. The summed E-state index contributed by atoms with van der Waals surface area (Å²) in [5.41, 5.74) is 3.71. The van der Waals surface area contributed by atoms with Gasteiger partial charge in [0.25, 0.3) is 11.6 Å². The molecule has 8 heteroatoms. The van der Waals surface area contributed by atoms with Gasteiger partial charge in [-0.1, -0.05) is 17.7 Å². The summed E-state index contributed by atoms with van der Waals surface area (Å²) >= 11 is 1.18. The van der Waals surface area contributed by atoms with Crippen molar-refractivity contribution in [3.8, 4) is 0 Å². The Bertz CT molecular complexity index is 842. The molecule has 27 heavy (non-hydrogen) atoms. The van der Waals surface area contributed by atoms with E-state index in [0.717, 1.165) is 22.4 Å². The SMILES string of the molecule is Cc1cc(C)c(NC(=O)COC(=O)CSc2ccc([N+](=O)[O-])cc2)c(C)c1.